The van der Waals surface area contributed by atoms with Gasteiger partial charge in [0.05, 0.1) is 13.2 Å². The molecule has 6 nitrogen and oxygen atoms in total. The Morgan fingerprint density at radius 2 is 2.29 bits per heavy atom. The molecule has 0 spiro atoms. The molecule has 1 aromatic heterocycles. The van der Waals surface area contributed by atoms with E-state index in [0.29, 0.717) is 6.73 Å². The average molecular weight is 198 g/mol. The van der Waals surface area contributed by atoms with Gasteiger partial charge in [0, 0.05) is 20.2 Å². The predicted molar refractivity (Wildman–Crippen MR) is 50.1 cm³/mol. The maximum Gasteiger partial charge on any atom is 0.226 e. The smallest absolute Gasteiger partial charge is 0.226 e. The molecule has 2 rings (SSSR count). The lowest BCUT2D eigenvalue weighted by Gasteiger charge is -2.27. The van der Waals surface area contributed by atoms with Crippen molar-refractivity contribution in [2.24, 2.45) is 0 Å². The minimum atomic E-state index is 0.437. The van der Waals surface area contributed by atoms with Crippen molar-refractivity contribution < 1.29 is 9.47 Å². The van der Waals surface area contributed by atoms with E-state index in [0.717, 1.165) is 32.3 Å². The largest absolute Gasteiger partial charge is 0.378 e. The number of anilines is 1. The first-order valence-corrected chi connectivity index (χ1v) is 4.61. The Balaban J connectivity index is 2.09. The molecule has 0 N–H and O–H groups in total. The third-order valence-electron chi connectivity index (χ3n) is 2.14. The zero-order valence-corrected chi connectivity index (χ0v) is 8.22. The van der Waals surface area contributed by atoms with Crippen LogP contribution >= 0.6 is 0 Å². The van der Waals surface area contributed by atoms with Crippen molar-refractivity contribution >= 4 is 5.95 Å². The molecular weight excluding hydrogens is 184 g/mol. The van der Waals surface area contributed by atoms with Gasteiger partial charge in [0.1, 0.15) is 13.1 Å². The molecule has 1 aromatic rings. The Morgan fingerprint density at radius 3 is 3.00 bits per heavy atom. The SMILES string of the molecule is COCn1ncnc1N1CCOCC1. The summed E-state index contributed by atoms with van der Waals surface area (Å²) < 4.78 is 12.0. The van der Waals surface area contributed by atoms with E-state index in [4.69, 9.17) is 9.47 Å². The quantitative estimate of drug-likeness (QED) is 0.668. The van der Waals surface area contributed by atoms with Crippen LogP contribution in [0.5, 0.6) is 0 Å². The van der Waals surface area contributed by atoms with E-state index in [1.165, 1.54) is 0 Å². The standard InChI is InChI=1S/C8H14N4O2/c1-13-7-12-8(9-6-10-12)11-2-4-14-5-3-11/h6H,2-5,7H2,1H3. The summed E-state index contributed by atoms with van der Waals surface area (Å²) in [5, 5.41) is 4.08. The highest BCUT2D eigenvalue weighted by Crippen LogP contribution is 2.11. The molecular formula is C8H14N4O2. The summed E-state index contributed by atoms with van der Waals surface area (Å²) in [6.07, 6.45) is 1.55. The first kappa shape index (κ1) is 9.42. The average Bonchev–Trinajstić information content (AvgIpc) is 2.68. The molecule has 6 heteroatoms. The second-order valence-electron chi connectivity index (χ2n) is 3.08. The van der Waals surface area contributed by atoms with Crippen LogP contribution in [0, 0.1) is 0 Å². The first-order chi connectivity index (χ1) is 6.92. The maximum absolute atomic E-state index is 5.27. The van der Waals surface area contributed by atoms with Crippen molar-refractivity contribution in [3.63, 3.8) is 0 Å². The Labute approximate surface area is 82.4 Å². The minimum absolute atomic E-state index is 0.437. The van der Waals surface area contributed by atoms with Crippen LogP contribution in [-0.2, 0) is 16.2 Å². The molecule has 0 unspecified atom stereocenters. The summed E-state index contributed by atoms with van der Waals surface area (Å²) in [5.41, 5.74) is 0. The Kier molecular flexibility index (Phi) is 2.95. The second kappa shape index (κ2) is 4.39. The van der Waals surface area contributed by atoms with Gasteiger partial charge in [0.2, 0.25) is 5.95 Å². The van der Waals surface area contributed by atoms with Crippen LogP contribution < -0.4 is 4.90 Å². The fourth-order valence-electron chi connectivity index (χ4n) is 1.48. The molecule has 0 atom stereocenters. The molecule has 1 fully saturated rings. The van der Waals surface area contributed by atoms with Crippen LogP contribution in [0.15, 0.2) is 6.33 Å². The monoisotopic (exact) mass is 198 g/mol. The van der Waals surface area contributed by atoms with Crippen molar-refractivity contribution in [2.75, 3.05) is 38.3 Å². The van der Waals surface area contributed by atoms with Crippen LogP contribution in [0.25, 0.3) is 0 Å². The van der Waals surface area contributed by atoms with Gasteiger partial charge in [0.15, 0.2) is 0 Å². The normalized spacial score (nSPS) is 17.4. The summed E-state index contributed by atoms with van der Waals surface area (Å²) >= 11 is 0. The Hall–Kier alpha value is -1.14. The van der Waals surface area contributed by atoms with Crippen LogP contribution in [0.1, 0.15) is 0 Å². The van der Waals surface area contributed by atoms with E-state index in [9.17, 15) is 0 Å². The zero-order chi connectivity index (χ0) is 9.80. The van der Waals surface area contributed by atoms with E-state index in [1.54, 1.807) is 18.1 Å². The van der Waals surface area contributed by atoms with E-state index in [2.05, 4.69) is 15.0 Å². The van der Waals surface area contributed by atoms with Gasteiger partial charge in [0.25, 0.3) is 0 Å². The van der Waals surface area contributed by atoms with Gasteiger partial charge < -0.3 is 14.4 Å². The predicted octanol–water partition coefficient (Wildman–Crippen LogP) is -0.281. The lowest BCUT2D eigenvalue weighted by Crippen LogP contribution is -2.38. The molecule has 0 aromatic carbocycles. The number of hydrogen-bond donors (Lipinski definition) is 0. The second-order valence-corrected chi connectivity index (χ2v) is 3.08. The van der Waals surface area contributed by atoms with Crippen molar-refractivity contribution in [1.82, 2.24) is 14.8 Å². The number of hydrogen-bond acceptors (Lipinski definition) is 5. The number of methoxy groups -OCH3 is 1. The maximum atomic E-state index is 5.27. The van der Waals surface area contributed by atoms with E-state index < -0.39 is 0 Å². The third-order valence-corrected chi connectivity index (χ3v) is 2.14. The van der Waals surface area contributed by atoms with Crippen LogP contribution in [-0.4, -0.2) is 48.2 Å². The summed E-state index contributed by atoms with van der Waals surface area (Å²) in [7, 11) is 1.64. The summed E-state index contributed by atoms with van der Waals surface area (Å²) in [6.45, 7) is 3.66. The van der Waals surface area contributed by atoms with Crippen LogP contribution in [0.3, 0.4) is 0 Å². The minimum Gasteiger partial charge on any atom is -0.378 e. The summed E-state index contributed by atoms with van der Waals surface area (Å²) in [6, 6.07) is 0. The van der Waals surface area contributed by atoms with Crippen molar-refractivity contribution in [3.8, 4) is 0 Å². The van der Waals surface area contributed by atoms with Crippen LogP contribution in [0.2, 0.25) is 0 Å². The molecule has 0 bridgehead atoms. The lowest BCUT2D eigenvalue weighted by molar-refractivity contribution is 0.111. The Bertz CT molecular complexity index is 283. The molecule has 1 saturated heterocycles. The van der Waals surface area contributed by atoms with Crippen molar-refractivity contribution in [3.05, 3.63) is 6.33 Å². The number of aromatic nitrogens is 3. The summed E-state index contributed by atoms with van der Waals surface area (Å²) in [4.78, 5) is 6.35. The lowest BCUT2D eigenvalue weighted by atomic mass is 10.4. The number of ether oxygens (including phenoxy) is 2. The topological polar surface area (TPSA) is 52.4 Å². The van der Waals surface area contributed by atoms with E-state index >= 15 is 0 Å². The highest BCUT2D eigenvalue weighted by atomic mass is 16.5. The fraction of sp³-hybridized carbons (Fsp3) is 0.750. The van der Waals surface area contributed by atoms with Crippen molar-refractivity contribution in [1.29, 1.82) is 0 Å². The number of morpholine rings is 1. The van der Waals surface area contributed by atoms with Gasteiger partial charge in [-0.1, -0.05) is 0 Å². The molecule has 1 aliphatic rings. The van der Waals surface area contributed by atoms with E-state index in [1.807, 2.05) is 0 Å². The molecule has 1 aliphatic heterocycles. The molecule has 0 radical (unpaired) electrons. The summed E-state index contributed by atoms with van der Waals surface area (Å²) in [5.74, 6) is 0.857. The Morgan fingerprint density at radius 1 is 1.50 bits per heavy atom. The number of rotatable bonds is 3. The zero-order valence-electron chi connectivity index (χ0n) is 8.22. The third kappa shape index (κ3) is 1.85. The van der Waals surface area contributed by atoms with Gasteiger partial charge in [-0.05, 0) is 0 Å². The highest BCUT2D eigenvalue weighted by Gasteiger charge is 2.16. The van der Waals surface area contributed by atoms with Gasteiger partial charge in [-0.25, -0.2) is 4.68 Å². The molecule has 14 heavy (non-hydrogen) atoms. The fourth-order valence-corrected chi connectivity index (χ4v) is 1.48. The van der Waals surface area contributed by atoms with Gasteiger partial charge >= 0.3 is 0 Å². The van der Waals surface area contributed by atoms with Gasteiger partial charge in [-0.2, -0.15) is 10.1 Å². The van der Waals surface area contributed by atoms with Gasteiger partial charge in [-0.3, -0.25) is 0 Å². The van der Waals surface area contributed by atoms with E-state index in [-0.39, 0.29) is 0 Å². The molecule has 0 amide bonds. The molecule has 78 valence electrons. The van der Waals surface area contributed by atoms with Crippen LogP contribution in [0.4, 0.5) is 5.95 Å². The molecule has 0 aliphatic carbocycles. The first-order valence-electron chi connectivity index (χ1n) is 4.61. The number of nitrogens with zero attached hydrogens (tertiary/aromatic N) is 4. The molecule has 0 saturated carbocycles. The highest BCUT2D eigenvalue weighted by molar-refractivity contribution is 5.29. The van der Waals surface area contributed by atoms with Gasteiger partial charge in [-0.15, -0.1) is 0 Å². The molecule has 2 heterocycles. The van der Waals surface area contributed by atoms with Crippen molar-refractivity contribution in [2.45, 2.75) is 6.73 Å².